The van der Waals surface area contributed by atoms with Crippen LogP contribution in [0.3, 0.4) is 0 Å². The summed E-state index contributed by atoms with van der Waals surface area (Å²) in [4.78, 5) is 11.5. The second-order valence-electron chi connectivity index (χ2n) is 9.74. The third-order valence-electron chi connectivity index (χ3n) is 6.58. The Labute approximate surface area is 166 Å². The topological polar surface area (TPSA) is 44.8 Å². The highest BCUT2D eigenvalue weighted by molar-refractivity contribution is 6.74. The van der Waals surface area contributed by atoms with E-state index in [1.165, 1.54) is 18.3 Å². The summed E-state index contributed by atoms with van der Waals surface area (Å²) in [6.45, 7) is 16.5. The molecule has 0 N–H and O–H groups in total. The lowest BCUT2D eigenvalue weighted by Gasteiger charge is -2.42. The molecule has 3 atom stereocenters. The monoisotopic (exact) mass is 394 g/mol. The largest absolute Gasteiger partial charge is 0.466 e. The molecule has 154 valence electrons. The maximum atomic E-state index is 11.5. The van der Waals surface area contributed by atoms with E-state index in [4.69, 9.17) is 13.9 Å². The van der Waals surface area contributed by atoms with Gasteiger partial charge < -0.3 is 13.9 Å². The van der Waals surface area contributed by atoms with Gasteiger partial charge in [-0.05, 0) is 68.8 Å². The number of rotatable bonds is 4. The van der Waals surface area contributed by atoms with Crippen LogP contribution in [-0.4, -0.2) is 40.2 Å². The van der Waals surface area contributed by atoms with Crippen molar-refractivity contribution in [3.05, 3.63) is 22.8 Å². The number of esters is 1. The van der Waals surface area contributed by atoms with Gasteiger partial charge in [-0.15, -0.1) is 0 Å². The van der Waals surface area contributed by atoms with Gasteiger partial charge in [0.05, 0.1) is 25.9 Å². The van der Waals surface area contributed by atoms with E-state index < -0.39 is 8.32 Å². The highest BCUT2D eigenvalue weighted by atomic mass is 28.4. The van der Waals surface area contributed by atoms with E-state index in [2.05, 4.69) is 47.7 Å². The van der Waals surface area contributed by atoms with Crippen molar-refractivity contribution in [2.75, 3.05) is 13.7 Å². The molecule has 0 bridgehead atoms. The smallest absolute Gasteiger partial charge is 0.330 e. The minimum atomic E-state index is -1.87. The molecule has 1 saturated carbocycles. The van der Waals surface area contributed by atoms with Crippen molar-refractivity contribution in [1.82, 2.24) is 0 Å². The molecule has 4 nitrogen and oxygen atoms in total. The molecule has 0 aromatic rings. The van der Waals surface area contributed by atoms with Crippen LogP contribution in [0, 0.1) is 5.92 Å². The van der Waals surface area contributed by atoms with Crippen LogP contribution in [0.25, 0.3) is 0 Å². The third-order valence-corrected chi connectivity index (χ3v) is 11.0. The van der Waals surface area contributed by atoms with Gasteiger partial charge in [-0.2, -0.15) is 0 Å². The Morgan fingerprint density at radius 1 is 1.19 bits per heavy atom. The van der Waals surface area contributed by atoms with Gasteiger partial charge in [0, 0.05) is 12.0 Å². The van der Waals surface area contributed by atoms with Gasteiger partial charge in [0.2, 0.25) is 0 Å². The predicted octanol–water partition coefficient (Wildman–Crippen LogP) is 5.40. The van der Waals surface area contributed by atoms with Gasteiger partial charge in [-0.3, -0.25) is 0 Å². The molecule has 0 spiro atoms. The van der Waals surface area contributed by atoms with Crippen LogP contribution in [0.5, 0.6) is 0 Å². The van der Waals surface area contributed by atoms with Crippen LogP contribution >= 0.6 is 0 Å². The quantitative estimate of drug-likeness (QED) is 0.277. The number of carbonyl (C=O) groups is 1. The number of ether oxygens (including phenoxy) is 2. The average Bonchev–Trinajstić information content (AvgIpc) is 2.97. The fourth-order valence-corrected chi connectivity index (χ4v) is 5.12. The molecule has 1 aliphatic carbocycles. The second-order valence-corrected chi connectivity index (χ2v) is 14.5. The number of carbonyl (C=O) groups excluding carboxylic acids is 1. The van der Waals surface area contributed by atoms with E-state index in [9.17, 15) is 4.79 Å². The van der Waals surface area contributed by atoms with E-state index in [1.807, 2.05) is 0 Å². The SMILES string of the molecule is COC(=O)/C=C1/CC[C@H]([C@H]2CCC(=C(C)C)[C@@H]2O[Si](C)(C)C(C)(C)C)OC1. The van der Waals surface area contributed by atoms with Crippen molar-refractivity contribution >= 4 is 14.3 Å². The molecule has 0 radical (unpaired) electrons. The molecule has 1 heterocycles. The summed E-state index contributed by atoms with van der Waals surface area (Å²) < 4.78 is 17.9. The highest BCUT2D eigenvalue weighted by Gasteiger charge is 2.46. The Hall–Kier alpha value is -0.913. The summed E-state index contributed by atoms with van der Waals surface area (Å²) in [5.74, 6) is 0.114. The number of hydrogen-bond acceptors (Lipinski definition) is 4. The van der Waals surface area contributed by atoms with E-state index in [0.717, 1.165) is 31.3 Å². The standard InChI is InChI=1S/C22H38O4Si/c1-15(2)17-10-11-18(21(17)26-27(7,8)22(3,4)5)19-12-9-16(14-25-19)13-20(23)24-6/h13,18-19,21H,9-12,14H2,1-8H3/b16-13-/t18-,19-,21+/m1/s1. The average molecular weight is 395 g/mol. The zero-order chi connectivity index (χ0) is 20.4. The summed E-state index contributed by atoms with van der Waals surface area (Å²) in [5.41, 5.74) is 3.90. The van der Waals surface area contributed by atoms with Gasteiger partial charge in [0.15, 0.2) is 8.32 Å². The maximum absolute atomic E-state index is 11.5. The lowest BCUT2D eigenvalue weighted by Crippen LogP contribution is -2.47. The zero-order valence-electron chi connectivity index (χ0n) is 18.5. The molecule has 27 heavy (non-hydrogen) atoms. The fourth-order valence-electron chi connectivity index (χ4n) is 3.82. The van der Waals surface area contributed by atoms with Crippen LogP contribution in [0.2, 0.25) is 18.1 Å². The number of methoxy groups -OCH3 is 1. The first-order valence-corrected chi connectivity index (χ1v) is 13.1. The first kappa shape index (κ1) is 22.4. The Balaban J connectivity index is 2.15. The van der Waals surface area contributed by atoms with Crippen LogP contribution in [-0.2, 0) is 18.7 Å². The molecule has 1 aliphatic heterocycles. The van der Waals surface area contributed by atoms with Gasteiger partial charge in [0.1, 0.15) is 0 Å². The Morgan fingerprint density at radius 3 is 2.33 bits per heavy atom. The highest BCUT2D eigenvalue weighted by Crippen LogP contribution is 2.45. The summed E-state index contributed by atoms with van der Waals surface area (Å²) in [5, 5.41) is 0.191. The van der Waals surface area contributed by atoms with Crippen molar-refractivity contribution in [2.45, 2.75) is 90.6 Å². The van der Waals surface area contributed by atoms with Crippen LogP contribution in [0.1, 0.15) is 60.3 Å². The van der Waals surface area contributed by atoms with Crippen LogP contribution in [0.4, 0.5) is 0 Å². The molecule has 0 aromatic carbocycles. The molecule has 2 rings (SSSR count). The molecule has 5 heteroatoms. The van der Waals surface area contributed by atoms with Crippen molar-refractivity contribution < 1.29 is 18.7 Å². The summed E-state index contributed by atoms with van der Waals surface area (Å²) in [6, 6.07) is 0. The van der Waals surface area contributed by atoms with Crippen LogP contribution in [0.15, 0.2) is 22.8 Å². The van der Waals surface area contributed by atoms with E-state index in [-0.39, 0.29) is 23.2 Å². The number of hydrogen-bond donors (Lipinski definition) is 0. The van der Waals surface area contributed by atoms with E-state index in [0.29, 0.717) is 12.5 Å². The van der Waals surface area contributed by atoms with Crippen molar-refractivity contribution in [2.24, 2.45) is 5.92 Å². The molecule has 0 aromatic heterocycles. The Kier molecular flexibility index (Phi) is 7.15. The Bertz CT molecular complexity index is 598. The van der Waals surface area contributed by atoms with Gasteiger partial charge in [-0.1, -0.05) is 26.3 Å². The summed E-state index contributed by atoms with van der Waals surface area (Å²) >= 11 is 0. The molecule has 2 fully saturated rings. The van der Waals surface area contributed by atoms with Crippen molar-refractivity contribution in [3.63, 3.8) is 0 Å². The van der Waals surface area contributed by atoms with Gasteiger partial charge >= 0.3 is 5.97 Å². The predicted molar refractivity (Wildman–Crippen MR) is 112 cm³/mol. The molecule has 0 amide bonds. The maximum Gasteiger partial charge on any atom is 0.330 e. The van der Waals surface area contributed by atoms with Crippen LogP contribution < -0.4 is 0 Å². The molecule has 2 aliphatic rings. The fraction of sp³-hybridized carbons (Fsp3) is 0.773. The first-order valence-electron chi connectivity index (χ1n) is 10.2. The van der Waals surface area contributed by atoms with Crippen molar-refractivity contribution in [3.8, 4) is 0 Å². The number of allylic oxidation sites excluding steroid dienone is 1. The minimum absolute atomic E-state index is 0.173. The molecular formula is C22H38O4Si. The summed E-state index contributed by atoms with van der Waals surface area (Å²) in [7, 11) is -0.455. The molecule has 1 saturated heterocycles. The van der Waals surface area contributed by atoms with E-state index in [1.54, 1.807) is 6.08 Å². The van der Waals surface area contributed by atoms with Gasteiger partial charge in [0.25, 0.3) is 0 Å². The second kappa shape index (κ2) is 8.62. The van der Waals surface area contributed by atoms with Crippen molar-refractivity contribution in [1.29, 1.82) is 0 Å². The molecular weight excluding hydrogens is 356 g/mol. The summed E-state index contributed by atoms with van der Waals surface area (Å²) in [6.07, 6.45) is 6.03. The molecule has 0 unspecified atom stereocenters. The third kappa shape index (κ3) is 5.33. The lowest BCUT2D eigenvalue weighted by atomic mass is 9.90. The minimum Gasteiger partial charge on any atom is -0.466 e. The van der Waals surface area contributed by atoms with E-state index >= 15 is 0 Å². The Morgan fingerprint density at radius 2 is 1.85 bits per heavy atom. The van der Waals surface area contributed by atoms with Gasteiger partial charge in [-0.25, -0.2) is 4.79 Å². The first-order chi connectivity index (χ1) is 12.5. The lowest BCUT2D eigenvalue weighted by molar-refractivity contribution is -0.135. The normalized spacial score (nSPS) is 28.5. The zero-order valence-corrected chi connectivity index (χ0v) is 19.5.